The Balaban J connectivity index is 6.06. The van der Waals surface area contributed by atoms with Crippen molar-refractivity contribution in [2.45, 2.75) is 72.7 Å². The van der Waals surface area contributed by atoms with Crippen LogP contribution in [0.3, 0.4) is 0 Å². The van der Waals surface area contributed by atoms with Crippen molar-refractivity contribution in [2.24, 2.45) is 10.8 Å². The third-order valence-electron chi connectivity index (χ3n) is 4.56. The number of carbonyl (C=O) groups excluding carboxylic acids is 1. The normalized spacial score (nSPS) is 15.3. The van der Waals surface area contributed by atoms with Gasteiger partial charge in [0.15, 0.2) is 5.78 Å². The zero-order valence-corrected chi connectivity index (χ0v) is 14.5. The number of aliphatic hydroxyl groups excluding tert-OH is 1. The predicted octanol–water partition coefficient (Wildman–Crippen LogP) is 6.12. The van der Waals surface area contributed by atoms with E-state index in [0.717, 1.165) is 6.92 Å². The molecule has 0 rings (SSSR count). The van der Waals surface area contributed by atoms with Crippen LogP contribution in [0.4, 0.5) is 26.3 Å². The highest BCUT2D eigenvalue weighted by molar-refractivity contribution is 5.99. The number of Topliss-reactive ketones (excluding diaryl/α,β-unsaturated/α-hetero) is 1. The molecular formula is C16H24F6O2. The maximum absolute atomic E-state index is 12.7. The lowest BCUT2D eigenvalue weighted by atomic mass is 9.73. The number of rotatable bonds is 7. The molecule has 0 atom stereocenters. The first kappa shape index (κ1) is 22.8. The molecule has 0 bridgehead atoms. The lowest BCUT2D eigenvalue weighted by Crippen LogP contribution is -2.35. The molecule has 0 unspecified atom stereocenters. The van der Waals surface area contributed by atoms with Crippen molar-refractivity contribution < 1.29 is 36.2 Å². The SMILES string of the molecule is CCC(C)(CC)C(=O)/C(C)=C(\O)C(C)(CC(F)(F)F)CC(F)(F)F. The molecule has 2 nitrogen and oxygen atoms in total. The molecule has 1 N–H and O–H groups in total. The molecule has 0 aliphatic carbocycles. The molecule has 0 amide bonds. The van der Waals surface area contributed by atoms with Crippen LogP contribution in [0.1, 0.15) is 60.3 Å². The summed E-state index contributed by atoms with van der Waals surface area (Å²) >= 11 is 0. The minimum absolute atomic E-state index is 0.349. The molecule has 0 spiro atoms. The van der Waals surface area contributed by atoms with Crippen LogP contribution in [-0.4, -0.2) is 23.2 Å². The van der Waals surface area contributed by atoms with Crippen molar-refractivity contribution >= 4 is 5.78 Å². The maximum Gasteiger partial charge on any atom is 0.390 e. The molecule has 0 saturated heterocycles. The van der Waals surface area contributed by atoms with Crippen molar-refractivity contribution in [3.05, 3.63) is 11.3 Å². The molecule has 0 radical (unpaired) electrons. The van der Waals surface area contributed by atoms with E-state index in [9.17, 15) is 36.2 Å². The van der Waals surface area contributed by atoms with Crippen LogP contribution in [-0.2, 0) is 4.79 Å². The van der Waals surface area contributed by atoms with Gasteiger partial charge in [0.25, 0.3) is 0 Å². The molecule has 0 aromatic carbocycles. The first-order valence-corrected chi connectivity index (χ1v) is 7.60. The zero-order valence-electron chi connectivity index (χ0n) is 14.5. The van der Waals surface area contributed by atoms with Gasteiger partial charge in [-0.3, -0.25) is 4.79 Å². The Morgan fingerprint density at radius 1 is 0.833 bits per heavy atom. The van der Waals surface area contributed by atoms with Crippen LogP contribution in [0.25, 0.3) is 0 Å². The highest BCUT2D eigenvalue weighted by Gasteiger charge is 2.50. The maximum atomic E-state index is 12.7. The van der Waals surface area contributed by atoms with Gasteiger partial charge in [-0.15, -0.1) is 0 Å². The molecule has 24 heavy (non-hydrogen) atoms. The number of ketones is 1. The minimum atomic E-state index is -4.92. The summed E-state index contributed by atoms with van der Waals surface area (Å²) in [6.07, 6.45) is -12.9. The van der Waals surface area contributed by atoms with Gasteiger partial charge in [-0.1, -0.05) is 27.7 Å². The Morgan fingerprint density at radius 2 is 1.17 bits per heavy atom. The Kier molecular flexibility index (Phi) is 6.98. The lowest BCUT2D eigenvalue weighted by molar-refractivity contribution is -0.190. The molecule has 0 aliphatic rings. The smallest absolute Gasteiger partial charge is 0.390 e. The summed E-state index contributed by atoms with van der Waals surface area (Å²) in [4.78, 5) is 12.5. The molecule has 142 valence electrons. The van der Waals surface area contributed by atoms with Crippen molar-refractivity contribution in [3.63, 3.8) is 0 Å². The molecule has 0 heterocycles. The Morgan fingerprint density at radius 3 is 1.42 bits per heavy atom. The third kappa shape index (κ3) is 6.02. The largest absolute Gasteiger partial charge is 0.511 e. The molecule has 0 fully saturated rings. The van der Waals surface area contributed by atoms with Gasteiger partial charge in [0.1, 0.15) is 5.76 Å². The van der Waals surface area contributed by atoms with Crippen LogP contribution >= 0.6 is 0 Å². The monoisotopic (exact) mass is 362 g/mol. The van der Waals surface area contributed by atoms with Gasteiger partial charge >= 0.3 is 12.4 Å². The van der Waals surface area contributed by atoms with Crippen molar-refractivity contribution in [2.75, 3.05) is 0 Å². The lowest BCUT2D eigenvalue weighted by Gasteiger charge is -2.33. The fourth-order valence-electron chi connectivity index (χ4n) is 2.70. The number of carbonyl (C=O) groups is 1. The second kappa shape index (κ2) is 7.35. The number of aliphatic hydroxyl groups is 1. The summed E-state index contributed by atoms with van der Waals surface area (Å²) in [5, 5.41) is 10.1. The van der Waals surface area contributed by atoms with Crippen LogP contribution in [0.2, 0.25) is 0 Å². The van der Waals surface area contributed by atoms with E-state index in [1.807, 2.05) is 0 Å². The quantitative estimate of drug-likeness (QED) is 0.336. The number of hydrogen-bond acceptors (Lipinski definition) is 2. The molecular weight excluding hydrogens is 338 g/mol. The van der Waals surface area contributed by atoms with E-state index in [-0.39, 0.29) is 0 Å². The number of hydrogen-bond donors (Lipinski definition) is 1. The van der Waals surface area contributed by atoms with Crippen LogP contribution in [0.5, 0.6) is 0 Å². The van der Waals surface area contributed by atoms with E-state index in [0.29, 0.717) is 19.8 Å². The number of halogens is 6. The van der Waals surface area contributed by atoms with Gasteiger partial charge in [0.05, 0.1) is 12.8 Å². The van der Waals surface area contributed by atoms with Gasteiger partial charge in [0, 0.05) is 16.4 Å². The van der Waals surface area contributed by atoms with Crippen LogP contribution < -0.4 is 0 Å². The fraction of sp³-hybridized carbons (Fsp3) is 0.812. The summed E-state index contributed by atoms with van der Waals surface area (Å²) < 4.78 is 76.4. The number of alkyl halides is 6. The molecule has 0 aromatic rings. The van der Waals surface area contributed by atoms with E-state index in [4.69, 9.17) is 0 Å². The predicted molar refractivity (Wildman–Crippen MR) is 78.5 cm³/mol. The Bertz CT molecular complexity index is 468. The third-order valence-corrected chi connectivity index (χ3v) is 4.56. The average molecular weight is 362 g/mol. The molecule has 8 heteroatoms. The van der Waals surface area contributed by atoms with Gasteiger partial charge in [0.2, 0.25) is 0 Å². The van der Waals surface area contributed by atoms with E-state index in [1.165, 1.54) is 0 Å². The van der Waals surface area contributed by atoms with E-state index in [2.05, 4.69) is 0 Å². The Labute approximate surface area is 137 Å². The second-order valence-corrected chi connectivity index (χ2v) is 6.72. The summed E-state index contributed by atoms with van der Waals surface area (Å²) in [6.45, 7) is 6.70. The zero-order chi connectivity index (χ0) is 19.6. The second-order valence-electron chi connectivity index (χ2n) is 6.72. The summed E-state index contributed by atoms with van der Waals surface area (Å²) in [5.41, 5.74) is -4.04. The van der Waals surface area contributed by atoms with Crippen molar-refractivity contribution in [1.29, 1.82) is 0 Å². The van der Waals surface area contributed by atoms with Crippen LogP contribution in [0.15, 0.2) is 11.3 Å². The Hall–Kier alpha value is -1.21. The first-order valence-electron chi connectivity index (χ1n) is 7.60. The van der Waals surface area contributed by atoms with Gasteiger partial charge in [-0.25, -0.2) is 0 Å². The highest BCUT2D eigenvalue weighted by atomic mass is 19.4. The minimum Gasteiger partial charge on any atom is -0.511 e. The van der Waals surface area contributed by atoms with Gasteiger partial charge in [-0.05, 0) is 19.8 Å². The van der Waals surface area contributed by atoms with Gasteiger partial charge in [-0.2, -0.15) is 26.3 Å². The fourth-order valence-corrected chi connectivity index (χ4v) is 2.70. The van der Waals surface area contributed by atoms with E-state index >= 15 is 0 Å². The summed E-state index contributed by atoms with van der Waals surface area (Å²) in [6, 6.07) is 0. The average Bonchev–Trinajstić information content (AvgIpc) is 2.39. The number of allylic oxidation sites excluding steroid dienone is 2. The van der Waals surface area contributed by atoms with E-state index in [1.54, 1.807) is 20.8 Å². The topological polar surface area (TPSA) is 37.3 Å². The van der Waals surface area contributed by atoms with E-state index < -0.39 is 53.1 Å². The molecule has 0 aliphatic heterocycles. The van der Waals surface area contributed by atoms with Gasteiger partial charge < -0.3 is 5.11 Å². The first-order chi connectivity index (χ1) is 10.5. The standard InChI is InChI=1S/C16H24F6O2/c1-6-13(4,7-2)11(23)10(3)12(24)14(5,8-15(17,18)19)9-16(20,21)22/h24H,6-9H2,1-5H3/b12-10-. The van der Waals surface area contributed by atoms with Crippen molar-refractivity contribution in [3.8, 4) is 0 Å². The van der Waals surface area contributed by atoms with Crippen LogP contribution in [0, 0.1) is 10.8 Å². The summed E-state index contributed by atoms with van der Waals surface area (Å²) in [7, 11) is 0. The molecule has 0 saturated carbocycles. The van der Waals surface area contributed by atoms with Crippen molar-refractivity contribution in [1.82, 2.24) is 0 Å². The summed E-state index contributed by atoms with van der Waals surface area (Å²) in [5.74, 6) is -1.78. The molecule has 0 aromatic heterocycles. The highest BCUT2D eigenvalue weighted by Crippen LogP contribution is 2.47.